The first-order valence-corrected chi connectivity index (χ1v) is 11.6. The quantitative estimate of drug-likeness (QED) is 0.208. The van der Waals surface area contributed by atoms with E-state index in [9.17, 15) is 13.2 Å². The van der Waals surface area contributed by atoms with Crippen LogP contribution in [-0.4, -0.2) is 16.6 Å². The van der Waals surface area contributed by atoms with Crippen LogP contribution in [-0.2, 0) is 12.8 Å². The molecule has 1 aromatic heterocycles. The summed E-state index contributed by atoms with van der Waals surface area (Å²) < 4.78 is 48.2. The van der Waals surface area contributed by atoms with Gasteiger partial charge in [0.2, 0.25) is 0 Å². The van der Waals surface area contributed by atoms with Gasteiger partial charge in [-0.25, -0.2) is 23.1 Å². The van der Waals surface area contributed by atoms with E-state index >= 15 is 0 Å². The van der Waals surface area contributed by atoms with Crippen molar-refractivity contribution in [3.05, 3.63) is 101 Å². The van der Waals surface area contributed by atoms with E-state index in [1.807, 2.05) is 0 Å². The number of aromatic nitrogens is 2. The Morgan fingerprint density at radius 3 is 2.26 bits per heavy atom. The predicted molar refractivity (Wildman–Crippen MR) is 131 cm³/mol. The van der Waals surface area contributed by atoms with E-state index in [0.29, 0.717) is 42.1 Å². The molecule has 0 spiro atoms. The van der Waals surface area contributed by atoms with Crippen LogP contribution in [0.15, 0.2) is 60.9 Å². The third-order valence-electron chi connectivity index (χ3n) is 5.57. The number of hydrogen-bond donors (Lipinski definition) is 0. The molecule has 3 nitrogen and oxygen atoms in total. The highest BCUT2D eigenvalue weighted by Crippen LogP contribution is 2.19. The lowest BCUT2D eigenvalue weighted by Crippen LogP contribution is -2.02. The van der Waals surface area contributed by atoms with Crippen LogP contribution >= 0.6 is 0 Å². The van der Waals surface area contributed by atoms with Crippen LogP contribution in [0, 0.1) is 29.3 Å². The van der Waals surface area contributed by atoms with Gasteiger partial charge in [0, 0.05) is 12.0 Å². The molecule has 3 aromatic carbocycles. The first kappa shape index (κ1) is 24.3. The van der Waals surface area contributed by atoms with E-state index in [2.05, 4.69) is 28.7 Å². The van der Waals surface area contributed by atoms with E-state index < -0.39 is 11.6 Å². The van der Waals surface area contributed by atoms with Gasteiger partial charge in [-0.2, -0.15) is 0 Å². The fourth-order valence-corrected chi connectivity index (χ4v) is 3.66. The Kier molecular flexibility index (Phi) is 7.99. The van der Waals surface area contributed by atoms with E-state index in [4.69, 9.17) is 4.74 Å². The first-order valence-electron chi connectivity index (χ1n) is 11.6. The zero-order valence-electron chi connectivity index (χ0n) is 19.5. The van der Waals surface area contributed by atoms with Crippen LogP contribution in [0.1, 0.15) is 48.7 Å². The SMILES string of the molecule is CCCCCOc1cnc(CCc2cc(F)c(C#Cc3ccc4cc(F)ccc4c3)c(F)c2)nc1. The largest absolute Gasteiger partial charge is 0.490 e. The highest BCUT2D eigenvalue weighted by atomic mass is 19.1. The summed E-state index contributed by atoms with van der Waals surface area (Å²) in [5.74, 6) is 4.83. The molecule has 0 N–H and O–H groups in total. The van der Waals surface area contributed by atoms with Crippen LogP contribution < -0.4 is 4.74 Å². The minimum atomic E-state index is -0.716. The molecule has 178 valence electrons. The summed E-state index contributed by atoms with van der Waals surface area (Å²) >= 11 is 0. The molecule has 0 saturated heterocycles. The maximum atomic E-state index is 14.6. The Morgan fingerprint density at radius 1 is 0.800 bits per heavy atom. The fraction of sp³-hybridized carbons (Fsp3) is 0.241. The van der Waals surface area contributed by atoms with Gasteiger partial charge in [0.05, 0.1) is 24.6 Å². The van der Waals surface area contributed by atoms with Gasteiger partial charge in [-0.05, 0) is 65.6 Å². The molecule has 0 aliphatic rings. The van der Waals surface area contributed by atoms with Crippen LogP contribution in [0.2, 0.25) is 0 Å². The summed E-state index contributed by atoms with van der Waals surface area (Å²) in [6.45, 7) is 2.76. The lowest BCUT2D eigenvalue weighted by molar-refractivity contribution is 0.303. The molecule has 0 aliphatic heterocycles. The smallest absolute Gasteiger partial charge is 0.155 e. The topological polar surface area (TPSA) is 35.0 Å². The second-order valence-electron chi connectivity index (χ2n) is 8.28. The number of fused-ring (bicyclic) bond motifs is 1. The fourth-order valence-electron chi connectivity index (χ4n) is 3.66. The van der Waals surface area contributed by atoms with Crippen LogP contribution in [0.4, 0.5) is 13.2 Å². The Bertz CT molecular complexity index is 1350. The Hall–Kier alpha value is -3.85. The summed E-state index contributed by atoms with van der Waals surface area (Å²) in [4.78, 5) is 8.56. The van der Waals surface area contributed by atoms with Crippen molar-refractivity contribution >= 4 is 10.8 Å². The molecule has 4 aromatic rings. The standard InChI is InChI=1S/C29H25F3N2O/c1-2-3-4-13-35-25-18-33-29(34-19-25)12-7-21-15-27(31)26(28(32)16-21)11-6-20-5-8-23-17-24(30)10-9-22(23)14-20/h5,8-10,14-19H,2-4,7,12-13H2,1H3. The van der Waals surface area contributed by atoms with Gasteiger partial charge in [-0.3, -0.25) is 0 Å². The van der Waals surface area contributed by atoms with Gasteiger partial charge < -0.3 is 4.74 Å². The van der Waals surface area contributed by atoms with E-state index in [-0.39, 0.29) is 11.4 Å². The van der Waals surface area contributed by atoms with Gasteiger partial charge in [0.15, 0.2) is 5.75 Å². The maximum absolute atomic E-state index is 14.6. The molecule has 35 heavy (non-hydrogen) atoms. The van der Waals surface area contributed by atoms with Crippen molar-refractivity contribution in [1.82, 2.24) is 9.97 Å². The van der Waals surface area contributed by atoms with Gasteiger partial charge in [-0.1, -0.05) is 43.7 Å². The molecule has 6 heteroatoms. The maximum Gasteiger partial charge on any atom is 0.155 e. The molecule has 4 rings (SSSR count). The van der Waals surface area contributed by atoms with Crippen LogP contribution in [0.3, 0.4) is 0 Å². The van der Waals surface area contributed by atoms with E-state index in [1.54, 1.807) is 36.7 Å². The minimum absolute atomic E-state index is 0.284. The summed E-state index contributed by atoms with van der Waals surface area (Å²) in [5.41, 5.74) is 0.803. The Labute approximate surface area is 203 Å². The zero-order valence-corrected chi connectivity index (χ0v) is 19.5. The van der Waals surface area contributed by atoms with E-state index in [0.717, 1.165) is 30.0 Å². The van der Waals surface area contributed by atoms with Crippen molar-refractivity contribution in [3.63, 3.8) is 0 Å². The van der Waals surface area contributed by atoms with Gasteiger partial charge >= 0.3 is 0 Å². The number of benzene rings is 3. The third-order valence-corrected chi connectivity index (χ3v) is 5.57. The lowest BCUT2D eigenvalue weighted by atomic mass is 10.0. The highest BCUT2D eigenvalue weighted by molar-refractivity contribution is 5.84. The lowest BCUT2D eigenvalue weighted by Gasteiger charge is -2.06. The molecular formula is C29H25F3N2O. The minimum Gasteiger partial charge on any atom is -0.490 e. The number of aryl methyl sites for hydroxylation is 2. The van der Waals surface area contributed by atoms with Gasteiger partial charge in [0.1, 0.15) is 23.3 Å². The molecule has 0 amide bonds. The number of rotatable bonds is 8. The van der Waals surface area contributed by atoms with E-state index in [1.165, 1.54) is 24.3 Å². The van der Waals surface area contributed by atoms with Crippen molar-refractivity contribution in [2.24, 2.45) is 0 Å². The molecule has 0 aliphatic carbocycles. The van der Waals surface area contributed by atoms with Crippen molar-refractivity contribution in [2.45, 2.75) is 39.0 Å². The normalized spacial score (nSPS) is 10.7. The highest BCUT2D eigenvalue weighted by Gasteiger charge is 2.10. The van der Waals surface area contributed by atoms with Gasteiger partial charge in [-0.15, -0.1) is 0 Å². The number of hydrogen-bond acceptors (Lipinski definition) is 3. The first-order chi connectivity index (χ1) is 17.0. The molecule has 1 heterocycles. The second kappa shape index (κ2) is 11.5. The summed E-state index contributed by atoms with van der Waals surface area (Å²) in [7, 11) is 0. The van der Waals surface area contributed by atoms with Crippen molar-refractivity contribution in [2.75, 3.05) is 6.61 Å². The predicted octanol–water partition coefficient (Wildman–Crippen LogP) is 6.80. The molecule has 0 unspecified atom stereocenters. The molecule has 0 atom stereocenters. The molecule has 0 fully saturated rings. The zero-order chi connectivity index (χ0) is 24.6. The average molecular weight is 475 g/mol. The summed E-state index contributed by atoms with van der Waals surface area (Å²) in [5, 5.41) is 1.53. The summed E-state index contributed by atoms with van der Waals surface area (Å²) in [6.07, 6.45) is 7.30. The monoisotopic (exact) mass is 474 g/mol. The molecule has 0 bridgehead atoms. The number of halogens is 3. The summed E-state index contributed by atoms with van der Waals surface area (Å²) in [6, 6.07) is 12.2. The number of nitrogens with zero attached hydrogens (tertiary/aromatic N) is 2. The molecular weight excluding hydrogens is 449 g/mol. The third kappa shape index (κ3) is 6.60. The number of unbranched alkanes of at least 4 members (excludes halogenated alkanes) is 2. The van der Waals surface area contributed by atoms with Gasteiger partial charge in [0.25, 0.3) is 0 Å². The Morgan fingerprint density at radius 2 is 1.51 bits per heavy atom. The van der Waals surface area contributed by atoms with Crippen molar-refractivity contribution < 1.29 is 17.9 Å². The Balaban J connectivity index is 1.40. The van der Waals surface area contributed by atoms with Crippen molar-refractivity contribution in [3.8, 4) is 17.6 Å². The second-order valence-corrected chi connectivity index (χ2v) is 8.28. The number of ether oxygens (including phenoxy) is 1. The van der Waals surface area contributed by atoms with Crippen LogP contribution in [0.5, 0.6) is 5.75 Å². The molecule has 0 radical (unpaired) electrons. The molecule has 0 saturated carbocycles. The van der Waals surface area contributed by atoms with Crippen molar-refractivity contribution in [1.29, 1.82) is 0 Å². The van der Waals surface area contributed by atoms with Crippen LogP contribution in [0.25, 0.3) is 10.8 Å². The average Bonchev–Trinajstić information content (AvgIpc) is 2.85.